The van der Waals surface area contributed by atoms with E-state index in [2.05, 4.69) is 20.4 Å². The summed E-state index contributed by atoms with van der Waals surface area (Å²) in [6, 6.07) is 4.69. The lowest BCUT2D eigenvalue weighted by molar-refractivity contribution is 0.611. The highest BCUT2D eigenvalue weighted by Crippen LogP contribution is 2.21. The van der Waals surface area contributed by atoms with Crippen LogP contribution in [0.3, 0.4) is 0 Å². The molecule has 3 rings (SSSR count). The summed E-state index contributed by atoms with van der Waals surface area (Å²) in [5.41, 5.74) is 1.25. The predicted molar refractivity (Wildman–Crippen MR) is 79.9 cm³/mol. The summed E-state index contributed by atoms with van der Waals surface area (Å²) in [4.78, 5) is 8.36. The summed E-state index contributed by atoms with van der Waals surface area (Å²) in [6.45, 7) is 0.516. The predicted octanol–water partition coefficient (Wildman–Crippen LogP) is 2.81. The Hall–Kier alpha value is -2.21. The highest BCUT2D eigenvalue weighted by molar-refractivity contribution is 6.31. The number of aromatic nitrogens is 4. The lowest BCUT2D eigenvalue weighted by Crippen LogP contribution is -2.08. The van der Waals surface area contributed by atoms with Gasteiger partial charge in [0.15, 0.2) is 5.65 Å². The number of hydrogen-bond donors (Lipinski definition) is 1. The Kier molecular flexibility index (Phi) is 3.70. The molecule has 0 aliphatic rings. The molecule has 0 saturated heterocycles. The number of halogens is 2. The number of anilines is 1. The minimum Gasteiger partial charge on any atom is -0.369 e. The van der Waals surface area contributed by atoms with Crippen LogP contribution in [0.5, 0.6) is 0 Å². The Balaban J connectivity index is 1.75. The van der Waals surface area contributed by atoms with E-state index in [4.69, 9.17) is 11.6 Å². The summed E-state index contributed by atoms with van der Waals surface area (Å²) < 4.78 is 15.4. The van der Waals surface area contributed by atoms with Crippen molar-refractivity contribution < 1.29 is 4.39 Å². The highest BCUT2D eigenvalue weighted by Gasteiger charge is 2.09. The Morgan fingerprint density at radius 1 is 1.33 bits per heavy atom. The highest BCUT2D eigenvalue weighted by atomic mass is 35.5. The van der Waals surface area contributed by atoms with Crippen LogP contribution in [0.2, 0.25) is 5.02 Å². The van der Waals surface area contributed by atoms with Gasteiger partial charge in [-0.25, -0.2) is 14.4 Å². The van der Waals surface area contributed by atoms with Crippen molar-refractivity contribution in [3.8, 4) is 0 Å². The van der Waals surface area contributed by atoms with Crippen LogP contribution in [0.15, 0.2) is 30.7 Å². The van der Waals surface area contributed by atoms with Crippen LogP contribution >= 0.6 is 11.6 Å². The fourth-order valence-corrected chi connectivity index (χ4v) is 2.44. The number of rotatable bonds is 4. The first-order valence-electron chi connectivity index (χ1n) is 6.46. The van der Waals surface area contributed by atoms with Gasteiger partial charge in [0, 0.05) is 24.2 Å². The second kappa shape index (κ2) is 5.65. The van der Waals surface area contributed by atoms with Crippen LogP contribution in [-0.4, -0.2) is 26.3 Å². The average molecular weight is 306 g/mol. The molecular weight excluding hydrogens is 293 g/mol. The molecule has 0 bridgehead atoms. The normalized spacial score (nSPS) is 11.0. The molecule has 108 valence electrons. The molecule has 0 aliphatic carbocycles. The Labute approximate surface area is 125 Å². The lowest BCUT2D eigenvalue weighted by atomic mass is 10.1. The van der Waals surface area contributed by atoms with E-state index in [1.54, 1.807) is 23.0 Å². The second-order valence-electron chi connectivity index (χ2n) is 4.60. The second-order valence-corrected chi connectivity index (χ2v) is 5.01. The van der Waals surface area contributed by atoms with Gasteiger partial charge in [0.05, 0.1) is 11.6 Å². The van der Waals surface area contributed by atoms with Crippen molar-refractivity contribution in [1.82, 2.24) is 19.7 Å². The molecule has 5 nitrogen and oxygen atoms in total. The quantitative estimate of drug-likeness (QED) is 0.805. The van der Waals surface area contributed by atoms with Crippen LogP contribution in [0, 0.1) is 5.82 Å². The van der Waals surface area contributed by atoms with E-state index in [-0.39, 0.29) is 5.82 Å². The monoisotopic (exact) mass is 305 g/mol. The van der Waals surface area contributed by atoms with Gasteiger partial charge < -0.3 is 5.32 Å². The van der Waals surface area contributed by atoms with E-state index >= 15 is 0 Å². The smallest absolute Gasteiger partial charge is 0.163 e. The van der Waals surface area contributed by atoms with Crippen molar-refractivity contribution in [3.05, 3.63) is 47.1 Å². The Bertz CT molecular complexity index is 766. The van der Waals surface area contributed by atoms with E-state index < -0.39 is 0 Å². The Morgan fingerprint density at radius 2 is 2.19 bits per heavy atom. The zero-order valence-electron chi connectivity index (χ0n) is 11.3. The largest absolute Gasteiger partial charge is 0.369 e. The third-order valence-electron chi connectivity index (χ3n) is 3.26. The van der Waals surface area contributed by atoms with Crippen LogP contribution in [0.1, 0.15) is 5.56 Å². The molecule has 0 fully saturated rings. The van der Waals surface area contributed by atoms with Crippen molar-refractivity contribution in [1.29, 1.82) is 0 Å². The zero-order chi connectivity index (χ0) is 14.8. The van der Waals surface area contributed by atoms with Gasteiger partial charge in [0.25, 0.3) is 0 Å². The van der Waals surface area contributed by atoms with Crippen molar-refractivity contribution in [2.75, 3.05) is 11.9 Å². The van der Waals surface area contributed by atoms with E-state index in [9.17, 15) is 4.39 Å². The van der Waals surface area contributed by atoms with Gasteiger partial charge in [0.2, 0.25) is 0 Å². The van der Waals surface area contributed by atoms with Gasteiger partial charge in [-0.1, -0.05) is 17.7 Å². The molecular formula is C14H13ClFN5. The summed E-state index contributed by atoms with van der Waals surface area (Å²) in [6.07, 6.45) is 3.65. The standard InChI is InChI=1S/C14H13ClFN5/c1-21-14-10(7-20-21)13(18-8-19-14)17-6-5-9-11(15)3-2-4-12(9)16/h2-4,7-8H,5-6H2,1H3,(H,17,18,19). The molecule has 1 aromatic carbocycles. The van der Waals surface area contributed by atoms with Gasteiger partial charge in [-0.3, -0.25) is 4.68 Å². The summed E-state index contributed by atoms with van der Waals surface area (Å²) >= 11 is 6.00. The fraction of sp³-hybridized carbons (Fsp3) is 0.214. The maximum absolute atomic E-state index is 13.7. The van der Waals surface area contributed by atoms with Gasteiger partial charge in [-0.15, -0.1) is 0 Å². The van der Waals surface area contributed by atoms with E-state index in [0.717, 1.165) is 11.0 Å². The number of aryl methyl sites for hydroxylation is 1. The van der Waals surface area contributed by atoms with Crippen LogP contribution < -0.4 is 5.32 Å². The molecule has 0 atom stereocenters. The maximum atomic E-state index is 13.7. The first-order chi connectivity index (χ1) is 10.2. The van der Waals surface area contributed by atoms with Crippen LogP contribution in [0.25, 0.3) is 11.0 Å². The molecule has 21 heavy (non-hydrogen) atoms. The minimum absolute atomic E-state index is 0.293. The van der Waals surface area contributed by atoms with Gasteiger partial charge in [-0.2, -0.15) is 5.10 Å². The SMILES string of the molecule is Cn1ncc2c(NCCc3c(F)cccc3Cl)ncnc21. The summed E-state index contributed by atoms with van der Waals surface area (Å²) in [5, 5.41) is 8.59. The number of benzene rings is 1. The van der Waals surface area contributed by atoms with Crippen molar-refractivity contribution in [2.45, 2.75) is 6.42 Å². The number of fused-ring (bicyclic) bond motifs is 1. The number of hydrogen-bond acceptors (Lipinski definition) is 4. The van der Waals surface area contributed by atoms with Crippen LogP contribution in [0.4, 0.5) is 10.2 Å². The lowest BCUT2D eigenvalue weighted by Gasteiger charge is -2.08. The van der Waals surface area contributed by atoms with Gasteiger partial charge >= 0.3 is 0 Å². The number of nitrogens with zero attached hydrogens (tertiary/aromatic N) is 4. The molecule has 0 amide bonds. The van der Waals surface area contributed by atoms with E-state index in [1.165, 1.54) is 12.4 Å². The molecule has 7 heteroatoms. The van der Waals surface area contributed by atoms with Crippen LogP contribution in [-0.2, 0) is 13.5 Å². The molecule has 2 heterocycles. The van der Waals surface area contributed by atoms with E-state index in [1.807, 2.05) is 7.05 Å². The fourth-order valence-electron chi connectivity index (χ4n) is 2.18. The van der Waals surface area contributed by atoms with Crippen molar-refractivity contribution in [3.63, 3.8) is 0 Å². The third kappa shape index (κ3) is 2.67. The first kappa shape index (κ1) is 13.8. The number of nitrogens with one attached hydrogen (secondary N) is 1. The van der Waals surface area contributed by atoms with Gasteiger partial charge in [0.1, 0.15) is 18.0 Å². The summed E-state index contributed by atoms with van der Waals surface area (Å²) in [5.74, 6) is 0.388. The van der Waals surface area contributed by atoms with E-state index in [0.29, 0.717) is 29.4 Å². The average Bonchev–Trinajstić information content (AvgIpc) is 2.85. The van der Waals surface area contributed by atoms with Gasteiger partial charge in [-0.05, 0) is 18.6 Å². The first-order valence-corrected chi connectivity index (χ1v) is 6.84. The van der Waals surface area contributed by atoms with Crippen molar-refractivity contribution in [2.24, 2.45) is 7.05 Å². The molecule has 0 radical (unpaired) electrons. The molecule has 0 unspecified atom stereocenters. The molecule has 0 saturated carbocycles. The molecule has 0 aliphatic heterocycles. The molecule has 0 spiro atoms. The molecule has 2 aromatic heterocycles. The zero-order valence-corrected chi connectivity index (χ0v) is 12.1. The summed E-state index contributed by atoms with van der Waals surface area (Å²) in [7, 11) is 1.82. The molecule has 3 aromatic rings. The topological polar surface area (TPSA) is 55.6 Å². The van der Waals surface area contributed by atoms with Crippen molar-refractivity contribution >= 4 is 28.5 Å². The molecule has 1 N–H and O–H groups in total. The maximum Gasteiger partial charge on any atom is 0.163 e. The Morgan fingerprint density at radius 3 is 3.00 bits per heavy atom. The third-order valence-corrected chi connectivity index (χ3v) is 3.61. The minimum atomic E-state index is -0.293.